The summed E-state index contributed by atoms with van der Waals surface area (Å²) >= 11 is 13.1. The standard InChI is InChI=1S/C34H35Cl2N3O4S/c1-23-14-17-27(18-15-23)44(42,43)39(31-19-24(2)13-16-25(31)3)22-33(40)38(21-28-29(35)11-8-12-30(28)36)32(34(41)37-4)20-26-9-6-5-7-10-26/h5-19,32H,20-22H2,1-4H3,(H,37,41)/t32-/m1/s1. The highest BCUT2D eigenvalue weighted by molar-refractivity contribution is 7.92. The summed E-state index contributed by atoms with van der Waals surface area (Å²) in [5.41, 5.74) is 4.04. The van der Waals surface area contributed by atoms with Gasteiger partial charge >= 0.3 is 0 Å². The number of amides is 2. The molecule has 7 nitrogen and oxygen atoms in total. The van der Waals surface area contributed by atoms with Gasteiger partial charge in [0.1, 0.15) is 12.6 Å². The van der Waals surface area contributed by atoms with E-state index >= 15 is 0 Å². The Morgan fingerprint density at radius 1 is 0.818 bits per heavy atom. The molecular weight excluding hydrogens is 617 g/mol. The number of hydrogen-bond donors (Lipinski definition) is 1. The maximum Gasteiger partial charge on any atom is 0.264 e. The zero-order chi connectivity index (χ0) is 32.0. The minimum Gasteiger partial charge on any atom is -0.357 e. The van der Waals surface area contributed by atoms with Gasteiger partial charge in [0.05, 0.1) is 10.6 Å². The molecule has 4 aromatic carbocycles. The molecule has 44 heavy (non-hydrogen) atoms. The Morgan fingerprint density at radius 2 is 1.43 bits per heavy atom. The number of nitrogens with one attached hydrogen (secondary N) is 1. The third-order valence-electron chi connectivity index (χ3n) is 7.43. The normalized spacial score (nSPS) is 12.0. The van der Waals surface area contributed by atoms with E-state index in [2.05, 4.69) is 5.32 Å². The van der Waals surface area contributed by atoms with Crippen LogP contribution in [0, 0.1) is 20.8 Å². The number of carbonyl (C=O) groups excluding carboxylic acids is 2. The molecule has 0 aromatic heterocycles. The van der Waals surface area contributed by atoms with Crippen LogP contribution in [0.1, 0.15) is 27.8 Å². The number of anilines is 1. The summed E-state index contributed by atoms with van der Waals surface area (Å²) < 4.78 is 29.6. The lowest BCUT2D eigenvalue weighted by atomic mass is 10.0. The topological polar surface area (TPSA) is 86.8 Å². The van der Waals surface area contributed by atoms with E-state index in [0.29, 0.717) is 26.9 Å². The van der Waals surface area contributed by atoms with Crippen LogP contribution in [0.15, 0.2) is 95.9 Å². The van der Waals surface area contributed by atoms with E-state index in [1.165, 1.54) is 24.1 Å². The van der Waals surface area contributed by atoms with E-state index in [1.54, 1.807) is 43.3 Å². The molecule has 0 radical (unpaired) electrons. The first-order chi connectivity index (χ1) is 20.9. The predicted molar refractivity (Wildman–Crippen MR) is 177 cm³/mol. The molecule has 0 unspecified atom stereocenters. The van der Waals surface area contributed by atoms with Gasteiger partial charge in [0.25, 0.3) is 10.0 Å². The Balaban J connectivity index is 1.85. The highest BCUT2D eigenvalue weighted by Crippen LogP contribution is 2.31. The number of halogens is 2. The van der Waals surface area contributed by atoms with Gasteiger partial charge in [-0.3, -0.25) is 13.9 Å². The summed E-state index contributed by atoms with van der Waals surface area (Å²) in [7, 11) is -2.71. The van der Waals surface area contributed by atoms with Crippen LogP contribution in [0.5, 0.6) is 0 Å². The maximum absolute atomic E-state index is 14.5. The van der Waals surface area contributed by atoms with Crippen LogP contribution in [-0.4, -0.2) is 44.8 Å². The molecule has 0 aliphatic heterocycles. The fraction of sp³-hybridized carbons (Fsp3) is 0.235. The third kappa shape index (κ3) is 7.62. The van der Waals surface area contributed by atoms with Crippen LogP contribution < -0.4 is 9.62 Å². The van der Waals surface area contributed by atoms with E-state index in [9.17, 15) is 18.0 Å². The second kappa shape index (κ2) is 14.3. The van der Waals surface area contributed by atoms with Gasteiger partial charge in [-0.2, -0.15) is 0 Å². The van der Waals surface area contributed by atoms with Crippen LogP contribution in [-0.2, 0) is 32.6 Å². The summed E-state index contributed by atoms with van der Waals surface area (Å²) in [4.78, 5) is 29.3. The molecule has 4 aromatic rings. The first-order valence-corrected chi connectivity index (χ1v) is 16.3. The molecule has 0 bridgehead atoms. The van der Waals surface area contributed by atoms with Crippen LogP contribution in [0.25, 0.3) is 0 Å². The Kier molecular flexibility index (Phi) is 10.7. The Bertz CT molecular complexity index is 1730. The van der Waals surface area contributed by atoms with Crippen LogP contribution in [0.2, 0.25) is 10.0 Å². The number of aryl methyl sites for hydroxylation is 3. The molecule has 1 atom stereocenters. The average Bonchev–Trinajstić information content (AvgIpc) is 3.00. The van der Waals surface area contributed by atoms with Gasteiger partial charge in [-0.05, 0) is 67.8 Å². The highest BCUT2D eigenvalue weighted by Gasteiger charge is 2.35. The largest absolute Gasteiger partial charge is 0.357 e. The lowest BCUT2D eigenvalue weighted by molar-refractivity contribution is -0.139. The molecule has 10 heteroatoms. The smallest absolute Gasteiger partial charge is 0.264 e. The van der Waals surface area contributed by atoms with Gasteiger partial charge in [-0.15, -0.1) is 0 Å². The van der Waals surface area contributed by atoms with Crippen molar-refractivity contribution in [2.75, 3.05) is 17.9 Å². The molecule has 0 saturated heterocycles. The zero-order valence-electron chi connectivity index (χ0n) is 25.1. The van der Waals surface area contributed by atoms with Crippen molar-refractivity contribution in [2.24, 2.45) is 0 Å². The van der Waals surface area contributed by atoms with Crippen molar-refractivity contribution in [3.05, 3.63) is 129 Å². The Morgan fingerprint density at radius 3 is 2.05 bits per heavy atom. The zero-order valence-corrected chi connectivity index (χ0v) is 27.4. The number of hydrogen-bond acceptors (Lipinski definition) is 4. The Labute approximate surface area is 269 Å². The molecule has 4 rings (SSSR count). The number of benzene rings is 4. The van der Waals surface area contributed by atoms with Crippen molar-refractivity contribution < 1.29 is 18.0 Å². The maximum atomic E-state index is 14.5. The number of likely N-dealkylation sites (N-methyl/N-ethyl adjacent to an activating group) is 1. The van der Waals surface area contributed by atoms with Crippen LogP contribution in [0.4, 0.5) is 5.69 Å². The minimum absolute atomic E-state index is 0.0460. The number of sulfonamides is 1. The van der Waals surface area contributed by atoms with Gasteiger partial charge in [-0.1, -0.05) is 89.4 Å². The first-order valence-electron chi connectivity index (χ1n) is 14.1. The monoisotopic (exact) mass is 651 g/mol. The van der Waals surface area contributed by atoms with Gasteiger partial charge in [-0.25, -0.2) is 8.42 Å². The van der Waals surface area contributed by atoms with E-state index in [1.807, 2.05) is 56.3 Å². The number of carbonyl (C=O) groups is 2. The van der Waals surface area contributed by atoms with Gasteiger partial charge in [0, 0.05) is 35.6 Å². The van der Waals surface area contributed by atoms with Crippen molar-refractivity contribution >= 4 is 50.7 Å². The summed E-state index contributed by atoms with van der Waals surface area (Å²) in [6.45, 7) is 4.83. The molecule has 1 N–H and O–H groups in total. The van der Waals surface area contributed by atoms with Gasteiger partial charge in [0.15, 0.2) is 0 Å². The van der Waals surface area contributed by atoms with Crippen molar-refractivity contribution in [3.8, 4) is 0 Å². The molecule has 230 valence electrons. The second-order valence-electron chi connectivity index (χ2n) is 10.7. The van der Waals surface area contributed by atoms with E-state index in [-0.39, 0.29) is 17.9 Å². The van der Waals surface area contributed by atoms with Crippen molar-refractivity contribution in [3.63, 3.8) is 0 Å². The molecular formula is C34H35Cl2N3O4S. The van der Waals surface area contributed by atoms with Crippen LogP contribution >= 0.6 is 23.2 Å². The van der Waals surface area contributed by atoms with Crippen molar-refractivity contribution in [1.29, 1.82) is 0 Å². The van der Waals surface area contributed by atoms with Crippen LogP contribution in [0.3, 0.4) is 0 Å². The summed E-state index contributed by atoms with van der Waals surface area (Å²) in [5, 5.41) is 3.31. The number of rotatable bonds is 11. The molecule has 0 spiro atoms. The van der Waals surface area contributed by atoms with Crippen molar-refractivity contribution in [1.82, 2.24) is 10.2 Å². The quantitative estimate of drug-likeness (QED) is 0.201. The molecule has 0 saturated carbocycles. The van der Waals surface area contributed by atoms with E-state index < -0.39 is 34.4 Å². The Hall–Kier alpha value is -3.85. The van der Waals surface area contributed by atoms with E-state index in [0.717, 1.165) is 21.0 Å². The molecule has 0 fully saturated rings. The summed E-state index contributed by atoms with van der Waals surface area (Å²) in [6, 6.07) is 25.2. The second-order valence-corrected chi connectivity index (χ2v) is 13.3. The summed E-state index contributed by atoms with van der Waals surface area (Å²) in [6.07, 6.45) is 0.183. The fourth-order valence-corrected chi connectivity index (χ4v) is 6.90. The summed E-state index contributed by atoms with van der Waals surface area (Å²) in [5.74, 6) is -1.01. The first kappa shape index (κ1) is 33.1. The van der Waals surface area contributed by atoms with Gasteiger partial charge < -0.3 is 10.2 Å². The van der Waals surface area contributed by atoms with E-state index in [4.69, 9.17) is 23.2 Å². The molecule has 0 aliphatic rings. The lowest BCUT2D eigenvalue weighted by Crippen LogP contribution is -2.53. The predicted octanol–water partition coefficient (Wildman–Crippen LogP) is 6.50. The molecule has 2 amide bonds. The van der Waals surface area contributed by atoms with Gasteiger partial charge in [0.2, 0.25) is 11.8 Å². The SMILES string of the molecule is CNC(=O)[C@@H](Cc1ccccc1)N(Cc1c(Cl)cccc1Cl)C(=O)CN(c1cc(C)ccc1C)S(=O)(=O)c1ccc(C)cc1. The lowest BCUT2D eigenvalue weighted by Gasteiger charge is -2.34. The highest BCUT2D eigenvalue weighted by atomic mass is 35.5. The average molecular weight is 653 g/mol. The third-order valence-corrected chi connectivity index (χ3v) is 9.91. The van der Waals surface area contributed by atoms with Crippen molar-refractivity contribution in [2.45, 2.75) is 44.7 Å². The minimum atomic E-state index is -4.21. The fourth-order valence-electron chi connectivity index (χ4n) is 4.91. The molecule has 0 aliphatic carbocycles. The molecule has 0 heterocycles. The number of nitrogens with zero attached hydrogens (tertiary/aromatic N) is 2.